The average Bonchev–Trinajstić information content (AvgIpc) is 2.77. The second kappa shape index (κ2) is 4.45. The van der Waals surface area contributed by atoms with Gasteiger partial charge in [-0.3, -0.25) is 0 Å². The van der Waals surface area contributed by atoms with Gasteiger partial charge in [-0.05, 0) is 19.1 Å². The number of oxazole rings is 1. The molecule has 0 aliphatic rings. The van der Waals surface area contributed by atoms with Crippen LogP contribution < -0.4 is 0 Å². The summed E-state index contributed by atoms with van der Waals surface area (Å²) in [5, 5.41) is 9.23. The van der Waals surface area contributed by atoms with Crippen LogP contribution in [-0.4, -0.2) is 10.1 Å². The summed E-state index contributed by atoms with van der Waals surface area (Å²) in [6.45, 7) is 1.49. The molecular weight excluding hydrogens is 247 g/mol. The number of hydrogen-bond acceptors (Lipinski definition) is 3. The van der Waals surface area contributed by atoms with Crippen molar-refractivity contribution in [2.45, 2.75) is 19.2 Å². The summed E-state index contributed by atoms with van der Waals surface area (Å²) in [5.74, 6) is 0.130. The van der Waals surface area contributed by atoms with E-state index in [1.807, 2.05) is 0 Å². The number of hydrogen-bond donors (Lipinski definition) is 1. The van der Waals surface area contributed by atoms with Gasteiger partial charge in [0.25, 0.3) is 0 Å². The zero-order valence-corrected chi connectivity index (χ0v) is 9.40. The smallest absolute Gasteiger partial charge is 0.416 e. The molecule has 1 N–H and O–H groups in total. The molecule has 0 fully saturated rings. The van der Waals surface area contributed by atoms with Crippen LogP contribution in [0, 0.1) is 0 Å². The second-order valence-electron chi connectivity index (χ2n) is 3.82. The van der Waals surface area contributed by atoms with Crippen molar-refractivity contribution >= 4 is 0 Å². The van der Waals surface area contributed by atoms with E-state index in [1.165, 1.54) is 25.3 Å². The summed E-state index contributed by atoms with van der Waals surface area (Å²) in [6.07, 6.45) is -3.91. The maximum atomic E-state index is 12.4. The third-order valence-corrected chi connectivity index (χ3v) is 2.39. The third kappa shape index (κ3) is 2.53. The highest BCUT2D eigenvalue weighted by Crippen LogP contribution is 2.31. The minimum atomic E-state index is -4.35. The number of benzene rings is 1. The molecule has 2 aromatic rings. The van der Waals surface area contributed by atoms with Crippen LogP contribution >= 0.6 is 0 Å². The van der Waals surface area contributed by atoms with Gasteiger partial charge in [-0.25, -0.2) is 4.98 Å². The zero-order valence-electron chi connectivity index (χ0n) is 9.40. The molecule has 2 rings (SSSR count). The second-order valence-corrected chi connectivity index (χ2v) is 3.82. The standard InChI is InChI=1S/C12H10F3NO2/c1-7(17)11-16-10(6-18-11)8-2-4-9(5-3-8)12(13,14)15/h2-7,17H,1H3. The quantitative estimate of drug-likeness (QED) is 0.896. The number of nitrogens with zero attached hydrogens (tertiary/aromatic N) is 1. The van der Waals surface area contributed by atoms with Crippen molar-refractivity contribution in [2.24, 2.45) is 0 Å². The van der Waals surface area contributed by atoms with Crippen molar-refractivity contribution in [3.63, 3.8) is 0 Å². The van der Waals surface area contributed by atoms with E-state index >= 15 is 0 Å². The Morgan fingerprint density at radius 3 is 2.28 bits per heavy atom. The summed E-state index contributed by atoms with van der Waals surface area (Å²) >= 11 is 0. The molecule has 1 unspecified atom stereocenters. The highest BCUT2D eigenvalue weighted by atomic mass is 19.4. The molecule has 0 amide bonds. The van der Waals surface area contributed by atoms with Crippen molar-refractivity contribution in [3.8, 4) is 11.3 Å². The van der Waals surface area contributed by atoms with Crippen LogP contribution in [0.4, 0.5) is 13.2 Å². The predicted octanol–water partition coefficient (Wildman–Crippen LogP) is 3.41. The normalized spacial score (nSPS) is 13.6. The number of aromatic nitrogens is 1. The molecule has 0 bridgehead atoms. The first-order valence-electron chi connectivity index (χ1n) is 5.19. The van der Waals surface area contributed by atoms with E-state index in [4.69, 9.17) is 4.42 Å². The van der Waals surface area contributed by atoms with Crippen LogP contribution in [0.2, 0.25) is 0 Å². The maximum absolute atomic E-state index is 12.4. The van der Waals surface area contributed by atoms with Gasteiger partial charge < -0.3 is 9.52 Å². The lowest BCUT2D eigenvalue weighted by molar-refractivity contribution is -0.137. The number of rotatable bonds is 2. The van der Waals surface area contributed by atoms with Crippen LogP contribution in [0.3, 0.4) is 0 Å². The van der Waals surface area contributed by atoms with Gasteiger partial charge >= 0.3 is 6.18 Å². The molecule has 3 nitrogen and oxygen atoms in total. The highest BCUT2D eigenvalue weighted by molar-refractivity contribution is 5.58. The minimum absolute atomic E-state index is 0.130. The number of alkyl halides is 3. The average molecular weight is 257 g/mol. The molecule has 0 aliphatic heterocycles. The molecule has 6 heteroatoms. The first kappa shape index (κ1) is 12.6. The Morgan fingerprint density at radius 1 is 1.22 bits per heavy atom. The van der Waals surface area contributed by atoms with Gasteiger partial charge in [0.15, 0.2) is 0 Å². The molecule has 0 radical (unpaired) electrons. The number of halogens is 3. The molecule has 1 aromatic carbocycles. The molecule has 1 atom stereocenters. The summed E-state index contributed by atoms with van der Waals surface area (Å²) in [6, 6.07) is 4.58. The van der Waals surface area contributed by atoms with Crippen molar-refractivity contribution in [3.05, 3.63) is 42.0 Å². The molecule has 1 aromatic heterocycles. The van der Waals surface area contributed by atoms with Crippen molar-refractivity contribution in [1.29, 1.82) is 0 Å². The summed E-state index contributed by atoms with van der Waals surface area (Å²) < 4.78 is 42.1. The lowest BCUT2D eigenvalue weighted by Gasteiger charge is -2.06. The van der Waals surface area contributed by atoms with Gasteiger partial charge in [0.05, 0.1) is 5.56 Å². The SMILES string of the molecule is CC(O)c1nc(-c2ccc(C(F)(F)F)cc2)co1. The summed E-state index contributed by atoms with van der Waals surface area (Å²) in [5.41, 5.74) is 0.170. The van der Waals surface area contributed by atoms with Crippen LogP contribution in [0.5, 0.6) is 0 Å². The van der Waals surface area contributed by atoms with Gasteiger partial charge in [-0.1, -0.05) is 12.1 Å². The number of aliphatic hydroxyl groups is 1. The van der Waals surface area contributed by atoms with E-state index in [0.29, 0.717) is 11.3 Å². The first-order chi connectivity index (χ1) is 8.38. The molecule has 18 heavy (non-hydrogen) atoms. The van der Waals surface area contributed by atoms with Gasteiger partial charge in [0.1, 0.15) is 18.1 Å². The predicted molar refractivity (Wildman–Crippen MR) is 57.6 cm³/mol. The Balaban J connectivity index is 2.29. The molecular formula is C12H10F3NO2. The maximum Gasteiger partial charge on any atom is 0.416 e. The Hall–Kier alpha value is -1.82. The zero-order chi connectivity index (χ0) is 13.3. The van der Waals surface area contributed by atoms with Crippen molar-refractivity contribution in [2.75, 3.05) is 0 Å². The van der Waals surface area contributed by atoms with Crippen LogP contribution in [0.25, 0.3) is 11.3 Å². The molecule has 96 valence electrons. The fourth-order valence-electron chi connectivity index (χ4n) is 1.44. The highest BCUT2D eigenvalue weighted by Gasteiger charge is 2.30. The van der Waals surface area contributed by atoms with E-state index in [0.717, 1.165) is 12.1 Å². The van der Waals surface area contributed by atoms with Crippen LogP contribution in [0.15, 0.2) is 34.9 Å². The lowest BCUT2D eigenvalue weighted by atomic mass is 10.1. The van der Waals surface area contributed by atoms with Gasteiger partial charge in [-0.15, -0.1) is 0 Å². The third-order valence-electron chi connectivity index (χ3n) is 2.39. The summed E-state index contributed by atoms with van der Waals surface area (Å²) in [4.78, 5) is 3.97. The van der Waals surface area contributed by atoms with Crippen LogP contribution in [-0.2, 0) is 6.18 Å². The molecule has 0 saturated carbocycles. The molecule has 0 aliphatic carbocycles. The largest absolute Gasteiger partial charge is 0.446 e. The molecule has 0 saturated heterocycles. The summed E-state index contributed by atoms with van der Waals surface area (Å²) in [7, 11) is 0. The van der Waals surface area contributed by atoms with Crippen molar-refractivity contribution < 1.29 is 22.7 Å². The van der Waals surface area contributed by atoms with Crippen LogP contribution in [0.1, 0.15) is 24.5 Å². The van der Waals surface area contributed by atoms with Gasteiger partial charge in [0, 0.05) is 5.56 Å². The fourth-order valence-corrected chi connectivity index (χ4v) is 1.44. The van der Waals surface area contributed by atoms with E-state index in [-0.39, 0.29) is 5.89 Å². The minimum Gasteiger partial charge on any atom is -0.446 e. The topological polar surface area (TPSA) is 46.3 Å². The van der Waals surface area contributed by atoms with Gasteiger partial charge in [0.2, 0.25) is 5.89 Å². The van der Waals surface area contributed by atoms with Gasteiger partial charge in [-0.2, -0.15) is 13.2 Å². The Bertz CT molecular complexity index is 529. The fraction of sp³-hybridized carbons (Fsp3) is 0.250. The lowest BCUT2D eigenvalue weighted by Crippen LogP contribution is -2.04. The van der Waals surface area contributed by atoms with Crippen molar-refractivity contribution in [1.82, 2.24) is 4.98 Å². The van der Waals surface area contributed by atoms with E-state index in [9.17, 15) is 18.3 Å². The van der Waals surface area contributed by atoms with E-state index < -0.39 is 17.8 Å². The Morgan fingerprint density at radius 2 is 1.83 bits per heavy atom. The Kier molecular flexibility index (Phi) is 3.13. The van der Waals surface area contributed by atoms with E-state index in [1.54, 1.807) is 0 Å². The van der Waals surface area contributed by atoms with E-state index in [2.05, 4.69) is 4.98 Å². The molecule has 0 spiro atoms. The Labute approximate surface area is 101 Å². The first-order valence-corrected chi connectivity index (χ1v) is 5.19. The monoisotopic (exact) mass is 257 g/mol. The molecule has 1 heterocycles. The number of aliphatic hydroxyl groups excluding tert-OH is 1.